The lowest BCUT2D eigenvalue weighted by atomic mass is 9.96. The number of pyridine rings is 2. The van der Waals surface area contributed by atoms with Crippen molar-refractivity contribution < 1.29 is 13.2 Å². The SMILES string of the molecule is Cc1nc(F)ccc1C(Nc1cc(Cl)c2ncc(C#N)c(NCC(C)(C)C)c2c1)c1nnn(C(C)CF)c1F. The Bertz CT molecular complexity index is 1560. The Morgan fingerprint density at radius 3 is 2.59 bits per heavy atom. The minimum absolute atomic E-state index is 0.0831. The molecule has 0 aliphatic heterocycles. The van der Waals surface area contributed by atoms with E-state index in [4.69, 9.17) is 11.6 Å². The van der Waals surface area contributed by atoms with Crippen LogP contribution in [0, 0.1) is 35.6 Å². The Hall–Kier alpha value is -3.91. The summed E-state index contributed by atoms with van der Waals surface area (Å²) in [5.41, 5.74) is 2.34. The molecule has 0 amide bonds. The van der Waals surface area contributed by atoms with Crippen molar-refractivity contribution in [1.29, 1.82) is 5.26 Å². The molecule has 4 rings (SSSR count). The van der Waals surface area contributed by atoms with Crippen molar-refractivity contribution in [2.75, 3.05) is 23.9 Å². The number of aryl methyl sites for hydroxylation is 1. The molecular weight excluding hydrogens is 529 g/mol. The van der Waals surface area contributed by atoms with Crippen molar-refractivity contribution in [2.45, 2.75) is 46.7 Å². The van der Waals surface area contributed by atoms with Gasteiger partial charge in [0.1, 0.15) is 24.5 Å². The zero-order chi connectivity index (χ0) is 28.5. The predicted molar refractivity (Wildman–Crippen MR) is 144 cm³/mol. The summed E-state index contributed by atoms with van der Waals surface area (Å²) in [5, 5.41) is 25.0. The van der Waals surface area contributed by atoms with Gasteiger partial charge in [0.15, 0.2) is 0 Å². The molecule has 0 bridgehead atoms. The molecule has 0 spiro atoms. The largest absolute Gasteiger partial charge is 0.383 e. The fraction of sp³-hybridized carbons (Fsp3) is 0.370. The molecule has 0 aliphatic carbocycles. The number of anilines is 2. The second kappa shape index (κ2) is 11.1. The zero-order valence-corrected chi connectivity index (χ0v) is 22.9. The number of fused-ring (bicyclic) bond motifs is 1. The summed E-state index contributed by atoms with van der Waals surface area (Å²) in [6, 6.07) is 6.30. The Morgan fingerprint density at radius 2 is 1.95 bits per heavy atom. The number of hydrogen-bond donors (Lipinski definition) is 2. The van der Waals surface area contributed by atoms with Crippen molar-refractivity contribution in [2.24, 2.45) is 5.41 Å². The predicted octanol–water partition coefficient (Wildman–Crippen LogP) is 6.52. The van der Waals surface area contributed by atoms with Gasteiger partial charge in [0.25, 0.3) is 0 Å². The molecule has 0 fully saturated rings. The Morgan fingerprint density at radius 1 is 1.21 bits per heavy atom. The van der Waals surface area contributed by atoms with E-state index in [1.54, 1.807) is 19.1 Å². The van der Waals surface area contributed by atoms with Crippen LogP contribution >= 0.6 is 11.6 Å². The van der Waals surface area contributed by atoms with Gasteiger partial charge in [-0.15, -0.1) is 5.10 Å². The van der Waals surface area contributed by atoms with Gasteiger partial charge in [0, 0.05) is 35.1 Å². The van der Waals surface area contributed by atoms with Gasteiger partial charge < -0.3 is 10.6 Å². The number of benzene rings is 1. The summed E-state index contributed by atoms with van der Waals surface area (Å²) in [6.07, 6.45) is 1.46. The van der Waals surface area contributed by atoms with Crippen molar-refractivity contribution >= 4 is 33.9 Å². The fourth-order valence-corrected chi connectivity index (χ4v) is 4.36. The molecule has 0 aliphatic rings. The van der Waals surface area contributed by atoms with Gasteiger partial charge in [0.05, 0.1) is 27.8 Å². The normalized spacial score (nSPS) is 13.2. The summed E-state index contributed by atoms with van der Waals surface area (Å²) in [5.74, 6) is -1.53. The summed E-state index contributed by atoms with van der Waals surface area (Å²) in [6.45, 7) is 8.97. The first-order valence-electron chi connectivity index (χ1n) is 12.3. The van der Waals surface area contributed by atoms with Gasteiger partial charge in [-0.25, -0.2) is 14.1 Å². The second-order valence-corrected chi connectivity index (χ2v) is 10.9. The van der Waals surface area contributed by atoms with Gasteiger partial charge >= 0.3 is 0 Å². The summed E-state index contributed by atoms with van der Waals surface area (Å²) < 4.78 is 43.5. The van der Waals surface area contributed by atoms with Crippen LogP contribution in [-0.2, 0) is 0 Å². The van der Waals surface area contributed by atoms with E-state index in [-0.39, 0.29) is 11.1 Å². The molecule has 2 unspecified atom stereocenters. The molecule has 4 aromatic rings. The molecule has 2 atom stereocenters. The average molecular weight is 557 g/mol. The first-order valence-corrected chi connectivity index (χ1v) is 12.6. The van der Waals surface area contributed by atoms with Crippen LogP contribution in [0.3, 0.4) is 0 Å². The quantitative estimate of drug-likeness (QED) is 0.238. The summed E-state index contributed by atoms with van der Waals surface area (Å²) >= 11 is 6.62. The topological polar surface area (TPSA) is 104 Å². The number of nitrogens with zero attached hydrogens (tertiary/aromatic N) is 6. The lowest BCUT2D eigenvalue weighted by molar-refractivity contribution is 0.314. The second-order valence-electron chi connectivity index (χ2n) is 10.5. The van der Waals surface area contributed by atoms with Crippen LogP contribution in [0.4, 0.5) is 24.5 Å². The van der Waals surface area contributed by atoms with Crippen LogP contribution in [0.5, 0.6) is 0 Å². The zero-order valence-electron chi connectivity index (χ0n) is 22.2. The third kappa shape index (κ3) is 5.91. The monoisotopic (exact) mass is 556 g/mol. The minimum atomic E-state index is -0.981. The van der Waals surface area contributed by atoms with Gasteiger partial charge in [-0.2, -0.15) is 14.0 Å². The lowest BCUT2D eigenvalue weighted by Crippen LogP contribution is -2.20. The third-order valence-electron chi connectivity index (χ3n) is 6.13. The number of nitriles is 1. The fourth-order valence-electron chi connectivity index (χ4n) is 4.10. The van der Waals surface area contributed by atoms with E-state index < -0.39 is 30.7 Å². The first-order chi connectivity index (χ1) is 18.4. The van der Waals surface area contributed by atoms with E-state index in [0.717, 1.165) is 10.7 Å². The molecule has 39 heavy (non-hydrogen) atoms. The van der Waals surface area contributed by atoms with Gasteiger partial charge in [-0.05, 0) is 37.5 Å². The van der Waals surface area contributed by atoms with Crippen LogP contribution in [0.1, 0.15) is 62.3 Å². The van der Waals surface area contributed by atoms with Crippen molar-refractivity contribution in [3.63, 3.8) is 0 Å². The van der Waals surface area contributed by atoms with Crippen LogP contribution in [-0.4, -0.2) is 38.2 Å². The molecule has 3 aromatic heterocycles. The molecular formula is C27H28ClF3N8. The minimum Gasteiger partial charge on any atom is -0.383 e. The van der Waals surface area contributed by atoms with Crippen molar-refractivity contribution in [1.82, 2.24) is 25.0 Å². The highest BCUT2D eigenvalue weighted by atomic mass is 35.5. The number of nitrogens with one attached hydrogen (secondary N) is 2. The third-order valence-corrected chi connectivity index (χ3v) is 6.42. The Balaban J connectivity index is 1.87. The van der Waals surface area contributed by atoms with Crippen molar-refractivity contribution in [3.8, 4) is 6.07 Å². The molecule has 0 saturated heterocycles. The summed E-state index contributed by atoms with van der Waals surface area (Å²) in [7, 11) is 0. The molecule has 1 aromatic carbocycles. The highest BCUT2D eigenvalue weighted by molar-refractivity contribution is 6.35. The van der Waals surface area contributed by atoms with Gasteiger partial charge in [0.2, 0.25) is 11.9 Å². The van der Waals surface area contributed by atoms with Crippen LogP contribution < -0.4 is 10.6 Å². The standard InChI is InChI=1S/C27H28ClF3N8/c1-14(10-29)39-26(31)25(37-38-39)24(18-6-7-21(30)35-15(18)2)36-17-8-19-22(34-13-27(3,4)5)16(11-32)12-33-23(19)20(28)9-17/h6-9,12,14,24,36H,10,13H2,1-5H3,(H,33,34). The molecule has 204 valence electrons. The smallest absolute Gasteiger partial charge is 0.237 e. The van der Waals surface area contributed by atoms with Gasteiger partial charge in [-0.3, -0.25) is 4.98 Å². The lowest BCUT2D eigenvalue weighted by Gasteiger charge is -2.23. The Kier molecular flexibility index (Phi) is 7.97. The number of hydrogen-bond acceptors (Lipinski definition) is 7. The van der Waals surface area contributed by atoms with Crippen LogP contribution in [0.15, 0.2) is 30.5 Å². The van der Waals surface area contributed by atoms with E-state index in [1.165, 1.54) is 19.2 Å². The maximum absolute atomic E-state index is 15.5. The molecule has 2 N–H and O–H groups in total. The van der Waals surface area contributed by atoms with Crippen LogP contribution in [0.25, 0.3) is 10.9 Å². The number of aromatic nitrogens is 5. The average Bonchev–Trinajstić information content (AvgIpc) is 3.26. The molecule has 3 heterocycles. The number of halogens is 4. The van der Waals surface area contributed by atoms with Crippen LogP contribution in [0.2, 0.25) is 5.02 Å². The maximum atomic E-state index is 15.5. The Labute approximate surface area is 229 Å². The molecule has 8 nitrogen and oxygen atoms in total. The summed E-state index contributed by atoms with van der Waals surface area (Å²) in [4.78, 5) is 8.24. The maximum Gasteiger partial charge on any atom is 0.237 e. The highest BCUT2D eigenvalue weighted by Gasteiger charge is 2.28. The number of alkyl halides is 1. The first kappa shape index (κ1) is 28.1. The molecule has 0 saturated carbocycles. The van der Waals surface area contributed by atoms with E-state index >= 15 is 4.39 Å². The van der Waals surface area contributed by atoms with Gasteiger partial charge in [-0.1, -0.05) is 43.7 Å². The molecule has 12 heteroatoms. The highest BCUT2D eigenvalue weighted by Crippen LogP contribution is 2.36. The van der Waals surface area contributed by atoms with Crippen molar-refractivity contribution in [3.05, 3.63) is 69.9 Å². The number of rotatable bonds is 8. The van der Waals surface area contributed by atoms with E-state index in [2.05, 4.69) is 57.8 Å². The van der Waals surface area contributed by atoms with E-state index in [1.807, 2.05) is 0 Å². The van der Waals surface area contributed by atoms with E-state index in [0.29, 0.717) is 50.7 Å². The molecule has 0 radical (unpaired) electrons. The van der Waals surface area contributed by atoms with E-state index in [9.17, 15) is 14.0 Å².